The van der Waals surface area contributed by atoms with Crippen LogP contribution in [0.4, 0.5) is 11.4 Å². The molecule has 98 valence electrons. The van der Waals surface area contributed by atoms with Crippen molar-refractivity contribution in [2.45, 2.75) is 0 Å². The molecule has 1 aromatic carbocycles. The van der Waals surface area contributed by atoms with Gasteiger partial charge in [-0.2, -0.15) is 0 Å². The summed E-state index contributed by atoms with van der Waals surface area (Å²) in [4.78, 5) is 31.3. The highest BCUT2D eigenvalue weighted by molar-refractivity contribution is 5.92. The van der Waals surface area contributed by atoms with Crippen molar-refractivity contribution in [2.75, 3.05) is 7.11 Å². The van der Waals surface area contributed by atoms with Crippen LogP contribution in [0, 0.1) is 20.2 Å². The summed E-state index contributed by atoms with van der Waals surface area (Å²) in [6, 6.07) is 3.27. The second-order valence-electron chi connectivity index (χ2n) is 3.46. The van der Waals surface area contributed by atoms with Gasteiger partial charge in [0.05, 0.1) is 17.0 Å². The molecule has 19 heavy (non-hydrogen) atoms. The first kappa shape index (κ1) is 12.5. The van der Waals surface area contributed by atoms with Crippen LogP contribution in [0.15, 0.2) is 27.4 Å². The predicted octanol–water partition coefficient (Wildman–Crippen LogP) is 1.62. The van der Waals surface area contributed by atoms with Crippen LogP contribution in [0.3, 0.4) is 0 Å². The van der Waals surface area contributed by atoms with E-state index in [1.54, 1.807) is 0 Å². The smallest absolute Gasteiger partial charge is 0.361 e. The van der Waals surface area contributed by atoms with E-state index in [1.165, 1.54) is 6.07 Å². The van der Waals surface area contributed by atoms with Crippen LogP contribution < -0.4 is 10.4 Å². The molecule has 0 atom stereocenters. The highest BCUT2D eigenvalue weighted by Crippen LogP contribution is 2.42. The van der Waals surface area contributed by atoms with Crippen LogP contribution in [0.5, 0.6) is 5.75 Å². The van der Waals surface area contributed by atoms with E-state index >= 15 is 0 Å². The van der Waals surface area contributed by atoms with Gasteiger partial charge in [0.25, 0.3) is 5.75 Å². The molecule has 2 rings (SSSR count). The lowest BCUT2D eigenvalue weighted by Crippen LogP contribution is -2.02. The second-order valence-corrected chi connectivity index (χ2v) is 3.46. The summed E-state index contributed by atoms with van der Waals surface area (Å²) < 4.78 is 9.43. The Balaban J connectivity index is 3.03. The fraction of sp³-hybridized carbons (Fsp3) is 0.100. The minimum Gasteiger partial charge on any atom is -0.485 e. The molecule has 0 bridgehead atoms. The van der Waals surface area contributed by atoms with Crippen LogP contribution in [0.2, 0.25) is 0 Å². The van der Waals surface area contributed by atoms with Gasteiger partial charge < -0.3 is 9.15 Å². The maximum atomic E-state index is 11.1. The minimum absolute atomic E-state index is 0.0683. The van der Waals surface area contributed by atoms with Crippen molar-refractivity contribution in [3.05, 3.63) is 48.8 Å². The number of rotatable bonds is 3. The Kier molecular flexibility index (Phi) is 2.87. The van der Waals surface area contributed by atoms with Crippen molar-refractivity contribution in [3.63, 3.8) is 0 Å². The summed E-state index contributed by atoms with van der Waals surface area (Å²) in [6.07, 6.45) is 0. The van der Waals surface area contributed by atoms with Crippen molar-refractivity contribution >= 4 is 22.3 Å². The number of methoxy groups -OCH3 is 1. The van der Waals surface area contributed by atoms with Crippen LogP contribution in [0.25, 0.3) is 11.0 Å². The highest BCUT2D eigenvalue weighted by atomic mass is 16.6. The Hall–Kier alpha value is -2.97. The summed E-state index contributed by atoms with van der Waals surface area (Å²) in [7, 11) is 1.06. The lowest BCUT2D eigenvalue weighted by atomic mass is 10.1. The number of ether oxygens (including phenoxy) is 1. The van der Waals surface area contributed by atoms with Gasteiger partial charge in [-0.1, -0.05) is 0 Å². The predicted molar refractivity (Wildman–Crippen MR) is 62.3 cm³/mol. The van der Waals surface area contributed by atoms with E-state index in [9.17, 15) is 25.0 Å². The number of nitro groups is 2. The topological polar surface area (TPSA) is 126 Å². The normalized spacial score (nSPS) is 10.4. The molecule has 2 aromatic rings. The number of nitrogens with zero attached hydrogens (tertiary/aromatic N) is 2. The standard InChI is InChI=1S/C10H6N2O7/c1-18-10-6(11(14)15)4-5-2-3-7(13)19-9(5)8(10)12(16)17/h2-4H,1H3. The summed E-state index contributed by atoms with van der Waals surface area (Å²) in [5, 5.41) is 22.0. The van der Waals surface area contributed by atoms with Gasteiger partial charge in [0.1, 0.15) is 0 Å². The molecular formula is C10H6N2O7. The van der Waals surface area contributed by atoms with E-state index in [0.717, 1.165) is 19.2 Å². The molecule has 0 unspecified atom stereocenters. The third-order valence-electron chi connectivity index (χ3n) is 2.40. The lowest BCUT2D eigenvalue weighted by Gasteiger charge is -2.04. The number of fused-ring (bicyclic) bond motifs is 1. The van der Waals surface area contributed by atoms with Crippen molar-refractivity contribution in [1.82, 2.24) is 0 Å². The fourth-order valence-electron chi connectivity index (χ4n) is 1.67. The first-order chi connectivity index (χ1) is 8.95. The van der Waals surface area contributed by atoms with Gasteiger partial charge in [-0.05, 0) is 6.07 Å². The third-order valence-corrected chi connectivity index (χ3v) is 2.40. The Morgan fingerprint density at radius 1 is 1.21 bits per heavy atom. The largest absolute Gasteiger partial charge is 0.485 e. The molecule has 1 aromatic heterocycles. The van der Waals surface area contributed by atoms with Gasteiger partial charge >= 0.3 is 17.0 Å². The zero-order chi connectivity index (χ0) is 14.2. The number of hydrogen-bond donors (Lipinski definition) is 0. The van der Waals surface area contributed by atoms with E-state index in [-0.39, 0.29) is 11.0 Å². The van der Waals surface area contributed by atoms with Crippen molar-refractivity contribution in [3.8, 4) is 5.75 Å². The average molecular weight is 266 g/mol. The van der Waals surface area contributed by atoms with Gasteiger partial charge in [0.15, 0.2) is 0 Å². The number of benzene rings is 1. The molecular weight excluding hydrogens is 260 g/mol. The molecule has 9 heteroatoms. The molecule has 0 aliphatic rings. The first-order valence-corrected chi connectivity index (χ1v) is 4.89. The molecule has 0 aliphatic heterocycles. The summed E-state index contributed by atoms with van der Waals surface area (Å²) in [5.41, 5.74) is -2.48. The molecule has 0 spiro atoms. The van der Waals surface area contributed by atoms with E-state index in [2.05, 4.69) is 0 Å². The Morgan fingerprint density at radius 2 is 1.89 bits per heavy atom. The van der Waals surface area contributed by atoms with Gasteiger partial charge in [-0.25, -0.2) is 4.79 Å². The van der Waals surface area contributed by atoms with E-state index in [4.69, 9.17) is 9.15 Å². The Labute approximate surface area is 104 Å². The Morgan fingerprint density at radius 3 is 2.42 bits per heavy atom. The SMILES string of the molecule is COc1c([N+](=O)[O-])cc2ccc(=O)oc2c1[N+](=O)[O-]. The summed E-state index contributed by atoms with van der Waals surface area (Å²) in [5.74, 6) is -0.558. The molecule has 0 fully saturated rings. The maximum Gasteiger partial charge on any atom is 0.361 e. The quantitative estimate of drug-likeness (QED) is 0.469. The minimum atomic E-state index is -0.892. The lowest BCUT2D eigenvalue weighted by molar-refractivity contribution is -0.395. The average Bonchev–Trinajstić information content (AvgIpc) is 2.35. The summed E-state index contributed by atoms with van der Waals surface area (Å²) >= 11 is 0. The van der Waals surface area contributed by atoms with Crippen molar-refractivity contribution in [1.29, 1.82) is 0 Å². The third kappa shape index (κ3) is 1.97. The maximum absolute atomic E-state index is 11.1. The fourth-order valence-corrected chi connectivity index (χ4v) is 1.67. The van der Waals surface area contributed by atoms with Crippen LogP contribution in [-0.4, -0.2) is 17.0 Å². The van der Waals surface area contributed by atoms with E-state index in [1.807, 2.05) is 0 Å². The van der Waals surface area contributed by atoms with Crippen LogP contribution in [-0.2, 0) is 0 Å². The molecule has 0 aliphatic carbocycles. The molecule has 9 nitrogen and oxygen atoms in total. The van der Waals surface area contributed by atoms with Gasteiger partial charge in [0.2, 0.25) is 5.58 Å². The molecule has 0 radical (unpaired) electrons. The Bertz CT molecular complexity index is 749. The highest BCUT2D eigenvalue weighted by Gasteiger charge is 2.31. The monoisotopic (exact) mass is 266 g/mol. The molecule has 0 N–H and O–H groups in total. The molecule has 1 heterocycles. The van der Waals surface area contributed by atoms with E-state index < -0.39 is 32.6 Å². The van der Waals surface area contributed by atoms with Crippen LogP contribution in [0.1, 0.15) is 0 Å². The van der Waals surface area contributed by atoms with E-state index in [0.29, 0.717) is 0 Å². The zero-order valence-corrected chi connectivity index (χ0v) is 9.48. The van der Waals surface area contributed by atoms with Gasteiger partial charge in [-0.15, -0.1) is 0 Å². The molecule has 0 saturated heterocycles. The first-order valence-electron chi connectivity index (χ1n) is 4.89. The number of hydrogen-bond acceptors (Lipinski definition) is 7. The molecule has 0 amide bonds. The second kappa shape index (κ2) is 4.37. The molecule has 0 saturated carbocycles. The van der Waals surface area contributed by atoms with Gasteiger partial charge in [0, 0.05) is 17.5 Å². The van der Waals surface area contributed by atoms with Crippen LogP contribution >= 0.6 is 0 Å². The number of nitro benzene ring substituents is 2. The zero-order valence-electron chi connectivity index (χ0n) is 9.48. The van der Waals surface area contributed by atoms with Crippen molar-refractivity contribution < 1.29 is 19.0 Å². The summed E-state index contributed by atoms with van der Waals surface area (Å²) in [6.45, 7) is 0. The van der Waals surface area contributed by atoms with Gasteiger partial charge in [-0.3, -0.25) is 20.2 Å². The van der Waals surface area contributed by atoms with Crippen molar-refractivity contribution in [2.24, 2.45) is 0 Å².